The van der Waals surface area contributed by atoms with Gasteiger partial charge in [0.2, 0.25) is 5.91 Å². The molecule has 0 saturated carbocycles. The number of rotatable bonds is 9. The summed E-state index contributed by atoms with van der Waals surface area (Å²) in [6.45, 7) is 5.52. The molecule has 2 aromatic carbocycles. The SMILES string of the molecule is C=C(C)C(=O)OCCCCCC(=O)Nc1ccc(-c2ccccc2)cc1. The van der Waals surface area contributed by atoms with Crippen molar-refractivity contribution >= 4 is 17.6 Å². The number of benzene rings is 2. The normalized spacial score (nSPS) is 10.2. The lowest BCUT2D eigenvalue weighted by atomic mass is 10.1. The molecule has 0 unspecified atom stereocenters. The molecular formula is C22H25NO3. The number of esters is 1. The topological polar surface area (TPSA) is 55.4 Å². The molecule has 2 rings (SSSR count). The maximum atomic E-state index is 12.0. The molecule has 0 spiro atoms. The maximum Gasteiger partial charge on any atom is 0.333 e. The zero-order chi connectivity index (χ0) is 18.8. The van der Waals surface area contributed by atoms with Crippen LogP contribution in [0.15, 0.2) is 66.7 Å². The fourth-order valence-electron chi connectivity index (χ4n) is 2.45. The van der Waals surface area contributed by atoms with E-state index in [-0.39, 0.29) is 11.9 Å². The van der Waals surface area contributed by atoms with Gasteiger partial charge in [-0.05, 0) is 49.4 Å². The summed E-state index contributed by atoms with van der Waals surface area (Å²) < 4.78 is 5.01. The number of carbonyl (C=O) groups excluding carboxylic acids is 2. The van der Waals surface area contributed by atoms with Crippen molar-refractivity contribution in [2.45, 2.75) is 32.6 Å². The number of nitrogens with one attached hydrogen (secondary N) is 1. The molecule has 4 heteroatoms. The Balaban J connectivity index is 1.66. The van der Waals surface area contributed by atoms with E-state index in [2.05, 4.69) is 24.0 Å². The minimum atomic E-state index is -0.360. The van der Waals surface area contributed by atoms with Gasteiger partial charge in [0.05, 0.1) is 6.61 Å². The van der Waals surface area contributed by atoms with E-state index < -0.39 is 0 Å². The lowest BCUT2D eigenvalue weighted by molar-refractivity contribution is -0.139. The molecule has 0 aromatic heterocycles. The van der Waals surface area contributed by atoms with Crippen molar-refractivity contribution in [2.75, 3.05) is 11.9 Å². The minimum absolute atomic E-state index is 0.00334. The molecule has 0 fully saturated rings. The van der Waals surface area contributed by atoms with Crippen molar-refractivity contribution in [2.24, 2.45) is 0 Å². The van der Waals surface area contributed by atoms with E-state index >= 15 is 0 Å². The molecule has 136 valence electrons. The van der Waals surface area contributed by atoms with Gasteiger partial charge in [0, 0.05) is 17.7 Å². The number of anilines is 1. The smallest absolute Gasteiger partial charge is 0.333 e. The molecule has 4 nitrogen and oxygen atoms in total. The number of unbranched alkanes of at least 4 members (excludes halogenated alkanes) is 2. The van der Waals surface area contributed by atoms with Crippen molar-refractivity contribution < 1.29 is 14.3 Å². The average Bonchev–Trinajstić information content (AvgIpc) is 2.65. The van der Waals surface area contributed by atoms with Crippen LogP contribution in [0.25, 0.3) is 11.1 Å². The first-order valence-electron chi connectivity index (χ1n) is 8.84. The van der Waals surface area contributed by atoms with Gasteiger partial charge in [-0.1, -0.05) is 49.0 Å². The summed E-state index contributed by atoms with van der Waals surface area (Å²) in [6.07, 6.45) is 2.80. The molecule has 0 heterocycles. The largest absolute Gasteiger partial charge is 0.462 e. The second kappa shape index (κ2) is 10.2. The Morgan fingerprint density at radius 1 is 0.923 bits per heavy atom. The summed E-state index contributed by atoms with van der Waals surface area (Å²) in [6, 6.07) is 17.9. The second-order valence-electron chi connectivity index (χ2n) is 6.22. The molecule has 0 saturated heterocycles. The summed E-state index contributed by atoms with van der Waals surface area (Å²) in [7, 11) is 0. The van der Waals surface area contributed by atoms with E-state index in [4.69, 9.17) is 4.74 Å². The third kappa shape index (κ3) is 6.55. The summed E-state index contributed by atoms with van der Waals surface area (Å²) in [5.41, 5.74) is 3.47. The van der Waals surface area contributed by atoms with Crippen LogP contribution >= 0.6 is 0 Å². The quantitative estimate of drug-likeness (QED) is 0.394. The first-order valence-corrected chi connectivity index (χ1v) is 8.84. The van der Waals surface area contributed by atoms with Crippen LogP contribution in [0.5, 0.6) is 0 Å². The van der Waals surface area contributed by atoms with Gasteiger partial charge in [0.1, 0.15) is 0 Å². The predicted molar refractivity (Wildman–Crippen MR) is 105 cm³/mol. The van der Waals surface area contributed by atoms with Crippen LogP contribution < -0.4 is 5.32 Å². The predicted octanol–water partition coefficient (Wildman–Crippen LogP) is 4.97. The van der Waals surface area contributed by atoms with Crippen molar-refractivity contribution in [3.63, 3.8) is 0 Å². The molecule has 0 radical (unpaired) electrons. The first-order chi connectivity index (χ1) is 12.6. The molecule has 2 aromatic rings. The fourth-order valence-corrected chi connectivity index (χ4v) is 2.45. The lowest BCUT2D eigenvalue weighted by Crippen LogP contribution is -2.11. The van der Waals surface area contributed by atoms with E-state index in [0.29, 0.717) is 18.6 Å². The number of hydrogen-bond donors (Lipinski definition) is 1. The van der Waals surface area contributed by atoms with Crippen molar-refractivity contribution in [1.29, 1.82) is 0 Å². The van der Waals surface area contributed by atoms with Gasteiger partial charge in [-0.2, -0.15) is 0 Å². The molecule has 0 aliphatic heterocycles. The lowest BCUT2D eigenvalue weighted by Gasteiger charge is -2.07. The summed E-state index contributed by atoms with van der Waals surface area (Å²) in [4.78, 5) is 23.2. The maximum absolute atomic E-state index is 12.0. The molecule has 0 aliphatic carbocycles. The summed E-state index contributed by atoms with van der Waals surface area (Å²) >= 11 is 0. The highest BCUT2D eigenvalue weighted by Crippen LogP contribution is 2.21. The zero-order valence-electron chi connectivity index (χ0n) is 15.2. The molecule has 1 amide bonds. The Hall–Kier alpha value is -2.88. The van der Waals surface area contributed by atoms with Crippen LogP contribution in [0.3, 0.4) is 0 Å². The van der Waals surface area contributed by atoms with E-state index in [1.165, 1.54) is 0 Å². The minimum Gasteiger partial charge on any atom is -0.462 e. The van der Waals surface area contributed by atoms with Crippen LogP contribution in [0, 0.1) is 0 Å². The fraction of sp³-hybridized carbons (Fsp3) is 0.273. The van der Waals surface area contributed by atoms with Crippen LogP contribution in [0.1, 0.15) is 32.6 Å². The number of ether oxygens (including phenoxy) is 1. The molecule has 0 bridgehead atoms. The van der Waals surface area contributed by atoms with Crippen LogP contribution in [0.4, 0.5) is 5.69 Å². The molecule has 0 atom stereocenters. The van der Waals surface area contributed by atoms with E-state index in [0.717, 1.165) is 36.1 Å². The van der Waals surface area contributed by atoms with Gasteiger partial charge in [0.15, 0.2) is 0 Å². The number of carbonyl (C=O) groups is 2. The number of hydrogen-bond acceptors (Lipinski definition) is 3. The highest BCUT2D eigenvalue weighted by Gasteiger charge is 2.05. The van der Waals surface area contributed by atoms with Crippen LogP contribution in [-0.4, -0.2) is 18.5 Å². The van der Waals surface area contributed by atoms with Gasteiger partial charge >= 0.3 is 5.97 Å². The van der Waals surface area contributed by atoms with Crippen LogP contribution in [-0.2, 0) is 14.3 Å². The second-order valence-corrected chi connectivity index (χ2v) is 6.22. The highest BCUT2D eigenvalue weighted by molar-refractivity contribution is 5.91. The van der Waals surface area contributed by atoms with Crippen molar-refractivity contribution in [1.82, 2.24) is 0 Å². The molecule has 0 aliphatic rings. The third-order valence-electron chi connectivity index (χ3n) is 3.91. The monoisotopic (exact) mass is 351 g/mol. The summed E-state index contributed by atoms with van der Waals surface area (Å²) in [5, 5.41) is 2.91. The summed E-state index contributed by atoms with van der Waals surface area (Å²) in [5.74, 6) is -0.363. The van der Waals surface area contributed by atoms with Crippen molar-refractivity contribution in [3.8, 4) is 11.1 Å². The Bertz CT molecular complexity index is 736. The Kier molecular flexibility index (Phi) is 7.62. The standard InChI is InChI=1S/C22H25NO3/c1-17(2)22(25)26-16-8-4-7-11-21(24)23-20-14-12-19(13-15-20)18-9-5-3-6-10-18/h3,5-6,9-10,12-15H,1,4,7-8,11,16H2,2H3,(H,23,24). The van der Waals surface area contributed by atoms with E-state index in [1.807, 2.05) is 42.5 Å². The van der Waals surface area contributed by atoms with E-state index in [9.17, 15) is 9.59 Å². The molecule has 1 N–H and O–H groups in total. The molecular weight excluding hydrogens is 326 g/mol. The molecule has 26 heavy (non-hydrogen) atoms. The first kappa shape index (κ1) is 19.4. The Labute approximate surface area is 154 Å². The van der Waals surface area contributed by atoms with Gasteiger partial charge in [-0.15, -0.1) is 0 Å². The van der Waals surface area contributed by atoms with Gasteiger partial charge in [0.25, 0.3) is 0 Å². The zero-order valence-corrected chi connectivity index (χ0v) is 15.2. The van der Waals surface area contributed by atoms with Crippen molar-refractivity contribution in [3.05, 3.63) is 66.7 Å². The average molecular weight is 351 g/mol. The van der Waals surface area contributed by atoms with Crippen LogP contribution in [0.2, 0.25) is 0 Å². The third-order valence-corrected chi connectivity index (χ3v) is 3.91. The Morgan fingerprint density at radius 3 is 2.23 bits per heavy atom. The van der Waals surface area contributed by atoms with Gasteiger partial charge in [-0.25, -0.2) is 4.79 Å². The Morgan fingerprint density at radius 2 is 1.58 bits per heavy atom. The van der Waals surface area contributed by atoms with E-state index in [1.54, 1.807) is 6.92 Å². The van der Waals surface area contributed by atoms with Gasteiger partial charge in [-0.3, -0.25) is 4.79 Å². The number of amides is 1. The van der Waals surface area contributed by atoms with Gasteiger partial charge < -0.3 is 10.1 Å². The highest BCUT2D eigenvalue weighted by atomic mass is 16.5.